The average Bonchev–Trinajstić information content (AvgIpc) is 2.23. The van der Waals surface area contributed by atoms with Gasteiger partial charge in [0.05, 0.1) is 20.3 Å². The first-order chi connectivity index (χ1) is 7.33. The number of benzene rings is 1. The second-order valence-electron chi connectivity index (χ2n) is 3.46. The predicted octanol–water partition coefficient (Wildman–Crippen LogP) is 0.931. The van der Waals surface area contributed by atoms with Crippen LogP contribution in [-0.4, -0.2) is 26.4 Å². The largest absolute Gasteiger partial charge is 0.497 e. The minimum absolute atomic E-state index is 0.155. The lowest BCUT2D eigenvalue weighted by molar-refractivity contribution is -0.0800. The Morgan fingerprint density at radius 3 is 2.80 bits per heavy atom. The van der Waals surface area contributed by atoms with Crippen molar-refractivity contribution in [3.05, 3.63) is 23.8 Å². The molecule has 0 radical (unpaired) electrons. The fourth-order valence-electron chi connectivity index (χ4n) is 1.40. The SMILES string of the molecule is COc1ccc(CN)c(OC2COC2)c1. The van der Waals surface area contributed by atoms with Crippen LogP contribution in [0.1, 0.15) is 5.56 Å². The Morgan fingerprint density at radius 1 is 1.47 bits per heavy atom. The lowest BCUT2D eigenvalue weighted by Gasteiger charge is -2.27. The Morgan fingerprint density at radius 2 is 2.27 bits per heavy atom. The van der Waals surface area contributed by atoms with Gasteiger partial charge in [0.15, 0.2) is 0 Å². The van der Waals surface area contributed by atoms with Gasteiger partial charge in [0.2, 0.25) is 0 Å². The third kappa shape index (κ3) is 2.22. The van der Waals surface area contributed by atoms with Crippen LogP contribution >= 0.6 is 0 Å². The number of hydrogen-bond donors (Lipinski definition) is 1. The molecule has 82 valence electrons. The van der Waals surface area contributed by atoms with E-state index >= 15 is 0 Å². The molecule has 1 aliphatic rings. The van der Waals surface area contributed by atoms with Gasteiger partial charge in [0.1, 0.15) is 17.6 Å². The maximum atomic E-state index is 5.73. The van der Waals surface area contributed by atoms with Crippen LogP contribution < -0.4 is 15.2 Å². The quantitative estimate of drug-likeness (QED) is 0.801. The van der Waals surface area contributed by atoms with E-state index in [1.807, 2.05) is 18.2 Å². The molecule has 2 rings (SSSR count). The minimum atomic E-state index is 0.155. The van der Waals surface area contributed by atoms with Crippen LogP contribution in [0.25, 0.3) is 0 Å². The van der Waals surface area contributed by atoms with Crippen molar-refractivity contribution in [2.24, 2.45) is 5.73 Å². The van der Waals surface area contributed by atoms with Gasteiger partial charge in [-0.25, -0.2) is 0 Å². The molecule has 0 aliphatic carbocycles. The molecule has 1 saturated heterocycles. The average molecular weight is 209 g/mol. The smallest absolute Gasteiger partial charge is 0.145 e. The van der Waals surface area contributed by atoms with Crippen LogP contribution in [0.5, 0.6) is 11.5 Å². The van der Waals surface area contributed by atoms with E-state index in [-0.39, 0.29) is 6.10 Å². The summed E-state index contributed by atoms with van der Waals surface area (Å²) in [7, 11) is 1.63. The summed E-state index contributed by atoms with van der Waals surface area (Å²) in [5, 5.41) is 0. The Hall–Kier alpha value is -1.26. The maximum Gasteiger partial charge on any atom is 0.145 e. The van der Waals surface area contributed by atoms with E-state index in [1.165, 1.54) is 0 Å². The molecule has 4 heteroatoms. The second-order valence-corrected chi connectivity index (χ2v) is 3.46. The van der Waals surface area contributed by atoms with Crippen LogP contribution in [0.2, 0.25) is 0 Å². The van der Waals surface area contributed by atoms with E-state index in [4.69, 9.17) is 19.9 Å². The molecule has 0 amide bonds. The highest BCUT2D eigenvalue weighted by Gasteiger charge is 2.21. The van der Waals surface area contributed by atoms with E-state index in [0.717, 1.165) is 17.1 Å². The van der Waals surface area contributed by atoms with E-state index < -0.39 is 0 Å². The van der Waals surface area contributed by atoms with Gasteiger partial charge in [0.25, 0.3) is 0 Å². The summed E-state index contributed by atoms with van der Waals surface area (Å²) >= 11 is 0. The van der Waals surface area contributed by atoms with Gasteiger partial charge in [-0.2, -0.15) is 0 Å². The van der Waals surface area contributed by atoms with Crippen LogP contribution in [0.15, 0.2) is 18.2 Å². The van der Waals surface area contributed by atoms with Gasteiger partial charge in [0, 0.05) is 18.2 Å². The summed E-state index contributed by atoms with van der Waals surface area (Å²) < 4.78 is 15.9. The molecule has 1 aromatic rings. The third-order valence-electron chi connectivity index (χ3n) is 2.40. The highest BCUT2D eigenvalue weighted by atomic mass is 16.6. The zero-order chi connectivity index (χ0) is 10.7. The first kappa shape index (κ1) is 10.3. The number of methoxy groups -OCH3 is 1. The van der Waals surface area contributed by atoms with Gasteiger partial charge in [-0.3, -0.25) is 0 Å². The molecule has 1 aliphatic heterocycles. The Labute approximate surface area is 88.9 Å². The molecule has 0 unspecified atom stereocenters. The summed E-state index contributed by atoms with van der Waals surface area (Å²) in [6.45, 7) is 1.77. The maximum absolute atomic E-state index is 5.73. The molecule has 1 fully saturated rings. The number of hydrogen-bond acceptors (Lipinski definition) is 4. The summed E-state index contributed by atoms with van der Waals surface area (Å²) in [5.41, 5.74) is 6.61. The molecule has 4 nitrogen and oxygen atoms in total. The first-order valence-electron chi connectivity index (χ1n) is 4.95. The van der Waals surface area contributed by atoms with Crippen molar-refractivity contribution < 1.29 is 14.2 Å². The van der Waals surface area contributed by atoms with Gasteiger partial charge >= 0.3 is 0 Å². The standard InChI is InChI=1S/C11H15NO3/c1-13-9-3-2-8(5-12)11(4-9)15-10-6-14-7-10/h2-4,10H,5-7,12H2,1H3. The van der Waals surface area contributed by atoms with Crippen LogP contribution in [0.4, 0.5) is 0 Å². The van der Waals surface area contributed by atoms with Crippen LogP contribution in [0.3, 0.4) is 0 Å². The van der Waals surface area contributed by atoms with E-state index in [0.29, 0.717) is 19.8 Å². The molecule has 1 heterocycles. The van der Waals surface area contributed by atoms with Crippen LogP contribution in [0, 0.1) is 0 Å². The fraction of sp³-hybridized carbons (Fsp3) is 0.455. The summed E-state index contributed by atoms with van der Waals surface area (Å²) in [6, 6.07) is 5.67. The summed E-state index contributed by atoms with van der Waals surface area (Å²) in [4.78, 5) is 0. The molecule has 0 saturated carbocycles. The lowest BCUT2D eigenvalue weighted by atomic mass is 10.2. The molecular weight excluding hydrogens is 194 g/mol. The normalized spacial score (nSPS) is 15.9. The minimum Gasteiger partial charge on any atom is -0.497 e. The zero-order valence-electron chi connectivity index (χ0n) is 8.73. The topological polar surface area (TPSA) is 53.7 Å². The van der Waals surface area contributed by atoms with E-state index in [1.54, 1.807) is 7.11 Å². The highest BCUT2D eigenvalue weighted by molar-refractivity contribution is 5.40. The Kier molecular flexibility index (Phi) is 3.08. The molecule has 1 aromatic carbocycles. The monoisotopic (exact) mass is 209 g/mol. The lowest BCUT2D eigenvalue weighted by Crippen LogP contribution is -2.38. The van der Waals surface area contributed by atoms with Crippen molar-refractivity contribution in [3.63, 3.8) is 0 Å². The number of ether oxygens (including phenoxy) is 3. The molecule has 0 bridgehead atoms. The molecule has 0 atom stereocenters. The number of nitrogens with two attached hydrogens (primary N) is 1. The summed E-state index contributed by atoms with van der Waals surface area (Å²) in [6.07, 6.45) is 0.155. The molecule has 2 N–H and O–H groups in total. The highest BCUT2D eigenvalue weighted by Crippen LogP contribution is 2.26. The predicted molar refractivity (Wildman–Crippen MR) is 56.1 cm³/mol. The van der Waals surface area contributed by atoms with Crippen molar-refractivity contribution in [2.45, 2.75) is 12.6 Å². The number of rotatable bonds is 4. The van der Waals surface area contributed by atoms with Crippen molar-refractivity contribution in [1.82, 2.24) is 0 Å². The van der Waals surface area contributed by atoms with Crippen LogP contribution in [-0.2, 0) is 11.3 Å². The molecule has 0 aromatic heterocycles. The van der Waals surface area contributed by atoms with Crippen molar-refractivity contribution in [2.75, 3.05) is 20.3 Å². The van der Waals surface area contributed by atoms with Gasteiger partial charge < -0.3 is 19.9 Å². The molecule has 0 spiro atoms. The van der Waals surface area contributed by atoms with Crippen molar-refractivity contribution in [3.8, 4) is 11.5 Å². The first-order valence-corrected chi connectivity index (χ1v) is 4.95. The third-order valence-corrected chi connectivity index (χ3v) is 2.40. The fourth-order valence-corrected chi connectivity index (χ4v) is 1.40. The molecular formula is C11H15NO3. The molecule has 15 heavy (non-hydrogen) atoms. The Bertz CT molecular complexity index is 337. The van der Waals surface area contributed by atoms with E-state index in [9.17, 15) is 0 Å². The van der Waals surface area contributed by atoms with Gasteiger partial charge in [-0.1, -0.05) is 6.07 Å². The van der Waals surface area contributed by atoms with Crippen molar-refractivity contribution >= 4 is 0 Å². The van der Waals surface area contributed by atoms with Gasteiger partial charge in [-0.05, 0) is 6.07 Å². The van der Waals surface area contributed by atoms with Crippen molar-refractivity contribution in [1.29, 1.82) is 0 Å². The van der Waals surface area contributed by atoms with E-state index in [2.05, 4.69) is 0 Å². The zero-order valence-corrected chi connectivity index (χ0v) is 8.73. The Balaban J connectivity index is 2.16. The second kappa shape index (κ2) is 4.51. The summed E-state index contributed by atoms with van der Waals surface area (Å²) in [5.74, 6) is 1.58. The van der Waals surface area contributed by atoms with Gasteiger partial charge in [-0.15, -0.1) is 0 Å².